The van der Waals surface area contributed by atoms with Gasteiger partial charge >= 0.3 is 4.30 Å². The molecule has 48 valence electrons. The lowest BCUT2D eigenvalue weighted by Gasteiger charge is -1.90. The molecule has 0 aliphatic heterocycles. The van der Waals surface area contributed by atoms with Crippen molar-refractivity contribution >= 4 is 22.6 Å². The molecular weight excluding hydrogens is 232 g/mol. The first-order valence-electron chi connectivity index (χ1n) is 2.54. The number of pyridine rings is 1. The maximum atomic E-state index is 12.4. The van der Waals surface area contributed by atoms with Crippen molar-refractivity contribution < 1.29 is 8.96 Å². The predicted molar refractivity (Wildman–Crippen MR) is 40.8 cm³/mol. The topological polar surface area (TPSA) is 3.88 Å². The molecule has 1 rings (SSSR count). The molecule has 1 aromatic rings. The van der Waals surface area contributed by atoms with E-state index < -0.39 is 4.30 Å². The number of alkyl halides is 2. The van der Waals surface area contributed by atoms with Crippen molar-refractivity contribution in [3.63, 3.8) is 0 Å². The first kappa shape index (κ1) is 6.92. The zero-order valence-electron chi connectivity index (χ0n) is 4.67. The molecule has 3 heteroatoms. The van der Waals surface area contributed by atoms with Crippen LogP contribution in [0.1, 0.15) is 4.30 Å². The highest BCUT2D eigenvalue weighted by Gasteiger charge is 2.07. The van der Waals surface area contributed by atoms with Crippen molar-refractivity contribution in [1.29, 1.82) is 0 Å². The summed E-state index contributed by atoms with van der Waals surface area (Å²) in [4.78, 5) is 0. The highest BCUT2D eigenvalue weighted by atomic mass is 127. The van der Waals surface area contributed by atoms with Crippen molar-refractivity contribution in [3.05, 3.63) is 30.6 Å². The van der Waals surface area contributed by atoms with Gasteiger partial charge < -0.3 is 0 Å². The molecule has 1 atom stereocenters. The lowest BCUT2D eigenvalue weighted by molar-refractivity contribution is -0.715. The average molecular weight is 238 g/mol. The van der Waals surface area contributed by atoms with E-state index in [0.29, 0.717) is 0 Å². The minimum absolute atomic E-state index is 0.955. The van der Waals surface area contributed by atoms with Gasteiger partial charge in [-0.2, -0.15) is 8.96 Å². The molecule has 0 bridgehead atoms. The van der Waals surface area contributed by atoms with Gasteiger partial charge in [0.1, 0.15) is 0 Å². The number of hydrogen-bond donors (Lipinski definition) is 0. The Hall–Kier alpha value is -0.190. The van der Waals surface area contributed by atoms with Crippen LogP contribution in [-0.4, -0.2) is 0 Å². The van der Waals surface area contributed by atoms with E-state index in [9.17, 15) is 4.39 Å². The Bertz CT molecular complexity index is 176. The van der Waals surface area contributed by atoms with Gasteiger partial charge in [0.05, 0.1) is 0 Å². The van der Waals surface area contributed by atoms with Crippen LogP contribution in [0.4, 0.5) is 4.39 Å². The van der Waals surface area contributed by atoms with E-state index in [4.69, 9.17) is 0 Å². The normalized spacial score (nSPS) is 13.1. The number of nitrogens with zero attached hydrogens (tertiary/aromatic N) is 1. The molecule has 9 heavy (non-hydrogen) atoms. The van der Waals surface area contributed by atoms with Crippen LogP contribution in [-0.2, 0) is 0 Å². The van der Waals surface area contributed by atoms with Crippen molar-refractivity contribution in [3.8, 4) is 0 Å². The van der Waals surface area contributed by atoms with Crippen molar-refractivity contribution in [2.75, 3.05) is 0 Å². The SMILES string of the molecule is FC(I)[n+]1ccccc1. The van der Waals surface area contributed by atoms with Gasteiger partial charge in [-0.15, -0.1) is 0 Å². The van der Waals surface area contributed by atoms with Gasteiger partial charge in [0, 0.05) is 34.7 Å². The first-order valence-corrected chi connectivity index (χ1v) is 3.79. The zero-order chi connectivity index (χ0) is 6.69. The molecule has 0 aromatic carbocycles. The summed E-state index contributed by atoms with van der Waals surface area (Å²) in [5, 5.41) is 0. The molecule has 0 saturated heterocycles. The summed E-state index contributed by atoms with van der Waals surface area (Å²) < 4.78 is 12.9. The largest absolute Gasteiger partial charge is 0.348 e. The molecule has 0 aliphatic rings. The molecule has 1 heterocycles. The summed E-state index contributed by atoms with van der Waals surface area (Å²) in [6.07, 6.45) is 3.38. The predicted octanol–water partition coefficient (Wildman–Crippen LogP) is 1.83. The van der Waals surface area contributed by atoms with Crippen molar-refractivity contribution in [1.82, 2.24) is 0 Å². The summed E-state index contributed by atoms with van der Waals surface area (Å²) in [6, 6.07) is 5.45. The van der Waals surface area contributed by atoms with Gasteiger partial charge in [0.2, 0.25) is 0 Å². The third kappa shape index (κ3) is 1.89. The Morgan fingerprint density at radius 2 is 1.78 bits per heavy atom. The number of aromatic nitrogens is 1. The maximum absolute atomic E-state index is 12.4. The smallest absolute Gasteiger partial charge is 0.165 e. The first-order chi connectivity index (χ1) is 4.30. The van der Waals surface area contributed by atoms with Crippen LogP contribution in [0.2, 0.25) is 0 Å². The van der Waals surface area contributed by atoms with E-state index in [1.807, 2.05) is 6.07 Å². The second-order valence-corrected chi connectivity index (χ2v) is 2.63. The molecule has 0 fully saturated rings. The zero-order valence-corrected chi connectivity index (χ0v) is 6.82. The van der Waals surface area contributed by atoms with Crippen LogP contribution in [0.3, 0.4) is 0 Å². The molecule has 0 radical (unpaired) electrons. The van der Waals surface area contributed by atoms with Crippen LogP contribution in [0.5, 0.6) is 0 Å². The Labute approximate surface area is 66.7 Å². The third-order valence-electron chi connectivity index (χ3n) is 0.964. The molecular formula is C6H6FIN+. The van der Waals surface area contributed by atoms with Gasteiger partial charge in [-0.1, -0.05) is 6.07 Å². The van der Waals surface area contributed by atoms with E-state index in [-0.39, 0.29) is 0 Å². The van der Waals surface area contributed by atoms with Gasteiger partial charge in [-0.3, -0.25) is 0 Å². The molecule has 0 amide bonds. The Kier molecular flexibility index (Phi) is 2.38. The van der Waals surface area contributed by atoms with E-state index in [1.165, 1.54) is 4.57 Å². The Balaban J connectivity index is 2.85. The summed E-state index contributed by atoms with van der Waals surface area (Å²) in [5.41, 5.74) is 0. The van der Waals surface area contributed by atoms with Gasteiger partial charge in [0.25, 0.3) is 0 Å². The molecule has 1 aromatic heterocycles. The second-order valence-electron chi connectivity index (χ2n) is 1.60. The summed E-state index contributed by atoms with van der Waals surface area (Å²) >= 11 is 1.70. The number of rotatable bonds is 1. The van der Waals surface area contributed by atoms with Gasteiger partial charge in [0.15, 0.2) is 12.4 Å². The Morgan fingerprint density at radius 1 is 1.22 bits per heavy atom. The van der Waals surface area contributed by atoms with Crippen LogP contribution >= 0.6 is 22.6 Å². The number of hydrogen-bond acceptors (Lipinski definition) is 0. The van der Waals surface area contributed by atoms with Crippen LogP contribution in [0.25, 0.3) is 0 Å². The quantitative estimate of drug-likeness (QED) is 0.399. The fourth-order valence-corrected chi connectivity index (χ4v) is 0.913. The maximum Gasteiger partial charge on any atom is 0.348 e. The van der Waals surface area contributed by atoms with Gasteiger partial charge in [-0.05, 0) is 0 Å². The second kappa shape index (κ2) is 3.10. The van der Waals surface area contributed by atoms with E-state index in [1.54, 1.807) is 47.1 Å². The fourth-order valence-electron chi connectivity index (χ4n) is 0.542. The standard InChI is InChI=1S/C6H6FIN/c7-6(8)9-4-2-1-3-5-9/h1-6H/q+1. The summed E-state index contributed by atoms with van der Waals surface area (Å²) in [6.45, 7) is 0. The monoisotopic (exact) mass is 238 g/mol. The van der Waals surface area contributed by atoms with Crippen LogP contribution < -0.4 is 4.57 Å². The third-order valence-corrected chi connectivity index (χ3v) is 1.61. The lowest BCUT2D eigenvalue weighted by Crippen LogP contribution is -2.31. The minimum atomic E-state index is -0.955. The molecule has 0 saturated carbocycles. The fraction of sp³-hybridized carbons (Fsp3) is 0.167. The Morgan fingerprint density at radius 3 is 2.11 bits per heavy atom. The van der Waals surface area contributed by atoms with E-state index >= 15 is 0 Å². The number of halogens is 2. The molecule has 1 nitrogen and oxygen atoms in total. The lowest BCUT2D eigenvalue weighted by atomic mass is 10.5. The van der Waals surface area contributed by atoms with Crippen molar-refractivity contribution in [2.24, 2.45) is 0 Å². The molecule has 1 unspecified atom stereocenters. The molecule has 0 N–H and O–H groups in total. The minimum Gasteiger partial charge on any atom is -0.165 e. The highest BCUT2D eigenvalue weighted by molar-refractivity contribution is 14.1. The van der Waals surface area contributed by atoms with Crippen LogP contribution in [0, 0.1) is 0 Å². The van der Waals surface area contributed by atoms with Crippen molar-refractivity contribution in [2.45, 2.75) is 4.30 Å². The average Bonchev–Trinajstić information content (AvgIpc) is 1.90. The highest BCUT2D eigenvalue weighted by Crippen LogP contribution is 2.05. The van der Waals surface area contributed by atoms with E-state index in [2.05, 4.69) is 0 Å². The molecule has 0 aliphatic carbocycles. The summed E-state index contributed by atoms with van der Waals surface area (Å²) in [5.74, 6) is 0. The molecule has 0 spiro atoms. The van der Waals surface area contributed by atoms with Crippen LogP contribution in [0.15, 0.2) is 30.6 Å². The summed E-state index contributed by atoms with van der Waals surface area (Å²) in [7, 11) is 0. The van der Waals surface area contributed by atoms with E-state index in [0.717, 1.165) is 0 Å². The van der Waals surface area contributed by atoms with Gasteiger partial charge in [-0.25, -0.2) is 0 Å².